The van der Waals surface area contributed by atoms with E-state index >= 15 is 0 Å². The molecule has 0 spiro atoms. The predicted octanol–water partition coefficient (Wildman–Crippen LogP) is 8.65. The first-order valence-electron chi connectivity index (χ1n) is 18.9. The molecule has 0 radical (unpaired) electrons. The normalized spacial score (nSPS) is 14.6. The Morgan fingerprint density at radius 2 is 1.34 bits per heavy atom. The fraction of sp³-hybridized carbons (Fsp3) is 0.289. The van der Waals surface area contributed by atoms with Gasteiger partial charge in [0, 0.05) is 46.7 Å². The highest BCUT2D eigenvalue weighted by atomic mass is 79.9. The molecule has 5 aromatic rings. The summed E-state index contributed by atoms with van der Waals surface area (Å²) in [6.07, 6.45) is 7.49. The first kappa shape index (κ1) is 43.6. The molecule has 0 aliphatic carbocycles. The van der Waals surface area contributed by atoms with E-state index in [0.717, 1.165) is 61.4 Å². The van der Waals surface area contributed by atoms with Crippen molar-refractivity contribution in [2.75, 3.05) is 20.8 Å². The van der Waals surface area contributed by atoms with Gasteiger partial charge in [-0.1, -0.05) is 52.3 Å². The smallest absolute Gasteiger partial charge is 0.496 e. The molecule has 13 heteroatoms. The molecule has 0 unspecified atom stereocenters. The maximum Gasteiger partial charge on any atom is 0.496 e. The number of H-pyrrole nitrogens is 1. The van der Waals surface area contributed by atoms with E-state index in [1.807, 2.05) is 111 Å². The number of aryl methyl sites for hydroxylation is 2. The van der Waals surface area contributed by atoms with Crippen LogP contribution in [0.15, 0.2) is 118 Å². The minimum atomic E-state index is -0.255. The Morgan fingerprint density at radius 3 is 1.81 bits per heavy atom. The molecule has 11 nitrogen and oxygen atoms in total. The molecular weight excluding hydrogens is 797 g/mol. The molecular formula is C45H51BBrN5O6. The molecule has 3 heterocycles. The SMILES string of the molecule is CC1(C)OB(C2=CCN=C2)OC1(C)C.COc1cccc(CNC(=O)c2ccc(-c3cn[nH]c3)c(C)c2)c1.COc1cccc(CNC(=O)c2ccc(Br)c(C)c2)c1. The average molecular weight is 849 g/mol. The lowest BCUT2D eigenvalue weighted by Gasteiger charge is -2.32. The highest BCUT2D eigenvalue weighted by Gasteiger charge is 2.52. The summed E-state index contributed by atoms with van der Waals surface area (Å²) < 4.78 is 23.1. The number of nitrogens with one attached hydrogen (secondary N) is 3. The Morgan fingerprint density at radius 1 is 0.793 bits per heavy atom. The van der Waals surface area contributed by atoms with Gasteiger partial charge in [0.1, 0.15) is 11.5 Å². The quantitative estimate of drug-likeness (QED) is 0.120. The number of allylic oxidation sites excluding steroid dienone is 1. The fourth-order valence-electron chi connectivity index (χ4n) is 5.95. The number of aromatic amines is 1. The zero-order chi connectivity index (χ0) is 41.9. The van der Waals surface area contributed by atoms with Crippen LogP contribution in [-0.4, -0.2) is 67.3 Å². The monoisotopic (exact) mass is 847 g/mol. The van der Waals surface area contributed by atoms with Crippen LogP contribution < -0.4 is 20.1 Å². The van der Waals surface area contributed by atoms with Crippen molar-refractivity contribution in [2.45, 2.75) is 65.8 Å². The highest BCUT2D eigenvalue weighted by Crippen LogP contribution is 2.38. The third-order valence-corrected chi connectivity index (χ3v) is 11.0. The van der Waals surface area contributed by atoms with Crippen molar-refractivity contribution in [3.8, 4) is 22.6 Å². The van der Waals surface area contributed by atoms with Crippen molar-refractivity contribution in [1.82, 2.24) is 20.8 Å². The number of hydrogen-bond acceptors (Lipinski definition) is 8. The molecule has 0 saturated carbocycles. The Kier molecular flexibility index (Phi) is 14.9. The van der Waals surface area contributed by atoms with E-state index in [4.69, 9.17) is 18.8 Å². The van der Waals surface area contributed by atoms with Gasteiger partial charge in [-0.25, -0.2) is 0 Å². The maximum atomic E-state index is 12.4. The third-order valence-electron chi connectivity index (χ3n) is 10.1. The maximum absolute atomic E-state index is 12.4. The molecule has 58 heavy (non-hydrogen) atoms. The van der Waals surface area contributed by atoms with Crippen LogP contribution in [0, 0.1) is 13.8 Å². The first-order valence-corrected chi connectivity index (χ1v) is 19.7. The summed E-state index contributed by atoms with van der Waals surface area (Å²) in [5.41, 5.74) is 7.98. The van der Waals surface area contributed by atoms with Crippen LogP contribution in [0.25, 0.3) is 11.1 Å². The summed E-state index contributed by atoms with van der Waals surface area (Å²) in [5, 5.41) is 12.6. The van der Waals surface area contributed by atoms with Gasteiger partial charge in [0.2, 0.25) is 0 Å². The van der Waals surface area contributed by atoms with Crippen molar-refractivity contribution in [1.29, 1.82) is 0 Å². The molecule has 302 valence electrons. The van der Waals surface area contributed by atoms with E-state index in [2.05, 4.69) is 69.4 Å². The lowest BCUT2D eigenvalue weighted by molar-refractivity contribution is 0.00578. The van der Waals surface area contributed by atoms with Crippen molar-refractivity contribution in [2.24, 2.45) is 4.99 Å². The molecule has 1 saturated heterocycles. The van der Waals surface area contributed by atoms with E-state index in [-0.39, 0.29) is 30.1 Å². The van der Waals surface area contributed by atoms with E-state index < -0.39 is 0 Å². The summed E-state index contributed by atoms with van der Waals surface area (Å²) in [6, 6.07) is 26.5. The van der Waals surface area contributed by atoms with Gasteiger partial charge in [-0.15, -0.1) is 0 Å². The van der Waals surface area contributed by atoms with Gasteiger partial charge < -0.3 is 29.4 Å². The number of benzene rings is 4. The second-order valence-corrected chi connectivity index (χ2v) is 15.7. The van der Waals surface area contributed by atoms with Gasteiger partial charge >= 0.3 is 7.12 Å². The topological polar surface area (TPSA) is 136 Å². The minimum Gasteiger partial charge on any atom is -0.497 e. The molecule has 0 bridgehead atoms. The van der Waals surface area contributed by atoms with Crippen molar-refractivity contribution in [3.05, 3.63) is 147 Å². The highest BCUT2D eigenvalue weighted by molar-refractivity contribution is 9.10. The third kappa shape index (κ3) is 11.6. The number of carbonyl (C=O) groups excluding carboxylic acids is 2. The number of methoxy groups -OCH3 is 2. The van der Waals surface area contributed by atoms with Gasteiger partial charge in [0.25, 0.3) is 11.8 Å². The van der Waals surface area contributed by atoms with Crippen LogP contribution in [0.4, 0.5) is 0 Å². The molecule has 7 rings (SSSR count). The molecule has 2 aliphatic rings. The molecule has 0 atom stereocenters. The van der Waals surface area contributed by atoms with Crippen molar-refractivity contribution >= 4 is 41.1 Å². The number of rotatable bonds is 10. The molecule has 3 N–H and O–H groups in total. The second kappa shape index (κ2) is 19.8. The largest absolute Gasteiger partial charge is 0.497 e. The standard InChI is InChI=1S/C19H19N3O2.C16H16BrNO2.C10H16BNO2/c1-13-8-15(6-7-18(13)16-11-21-22-12-16)19(23)20-10-14-4-3-5-17(9-14)24-2;1-11-8-13(6-7-15(11)17)16(19)18-10-12-4-3-5-14(9-12)20-2;1-9(2)10(3,4)14-11(13-9)8-5-6-12-7-8/h3-9,11-12H,10H2,1-2H3,(H,20,23)(H,21,22);3-9H,10H2,1-2H3,(H,18,19);5,7H,6H2,1-4H3. The van der Waals surface area contributed by atoms with Gasteiger partial charge in [0.15, 0.2) is 0 Å². The zero-order valence-electron chi connectivity index (χ0n) is 34.3. The second-order valence-electron chi connectivity index (χ2n) is 14.8. The van der Waals surface area contributed by atoms with Gasteiger partial charge in [-0.3, -0.25) is 19.7 Å². The lowest BCUT2D eigenvalue weighted by atomic mass is 9.79. The molecule has 1 aromatic heterocycles. The number of aromatic nitrogens is 2. The fourth-order valence-corrected chi connectivity index (χ4v) is 6.20. The van der Waals surface area contributed by atoms with Crippen LogP contribution in [-0.2, 0) is 22.4 Å². The summed E-state index contributed by atoms with van der Waals surface area (Å²) in [6.45, 7) is 13.9. The number of halogens is 1. The number of carbonyl (C=O) groups is 2. The van der Waals surface area contributed by atoms with Crippen LogP contribution in [0.2, 0.25) is 0 Å². The summed E-state index contributed by atoms with van der Waals surface area (Å²) >= 11 is 3.42. The molecule has 1 fully saturated rings. The van der Waals surface area contributed by atoms with Crippen LogP contribution in [0.1, 0.15) is 70.7 Å². The van der Waals surface area contributed by atoms with E-state index in [9.17, 15) is 9.59 Å². The van der Waals surface area contributed by atoms with Crippen molar-refractivity contribution < 1.29 is 28.4 Å². The molecule has 2 aliphatic heterocycles. The van der Waals surface area contributed by atoms with Crippen LogP contribution in [0.5, 0.6) is 11.5 Å². The Balaban J connectivity index is 0.000000171. The van der Waals surface area contributed by atoms with E-state index in [0.29, 0.717) is 24.2 Å². The summed E-state index contributed by atoms with van der Waals surface area (Å²) in [5.74, 6) is 1.39. The number of amides is 2. The van der Waals surface area contributed by atoms with Crippen LogP contribution >= 0.6 is 15.9 Å². The Hall–Kier alpha value is -5.50. The van der Waals surface area contributed by atoms with Gasteiger partial charge in [-0.2, -0.15) is 5.10 Å². The van der Waals surface area contributed by atoms with E-state index in [1.54, 1.807) is 26.5 Å². The van der Waals surface area contributed by atoms with Gasteiger partial charge in [-0.05, 0) is 129 Å². The van der Waals surface area contributed by atoms with Crippen molar-refractivity contribution in [3.63, 3.8) is 0 Å². The summed E-state index contributed by atoms with van der Waals surface area (Å²) in [4.78, 5) is 28.6. The number of ether oxygens (including phenoxy) is 2. The molecule has 4 aromatic carbocycles. The minimum absolute atomic E-state index is 0.0802. The Bertz CT molecular complexity index is 2240. The number of hydrogen-bond donors (Lipinski definition) is 3. The lowest BCUT2D eigenvalue weighted by Crippen LogP contribution is -2.41. The van der Waals surface area contributed by atoms with Gasteiger partial charge in [0.05, 0.1) is 38.2 Å². The summed E-state index contributed by atoms with van der Waals surface area (Å²) in [7, 11) is 3.01. The first-order chi connectivity index (χ1) is 27.7. The predicted molar refractivity (Wildman–Crippen MR) is 233 cm³/mol. The zero-order valence-corrected chi connectivity index (χ0v) is 35.9. The Labute approximate surface area is 349 Å². The van der Waals surface area contributed by atoms with Crippen LogP contribution in [0.3, 0.4) is 0 Å². The van der Waals surface area contributed by atoms with E-state index in [1.165, 1.54) is 0 Å². The molecule has 2 amide bonds. The average Bonchev–Trinajstić information content (AvgIpc) is 4.00. The number of nitrogens with zero attached hydrogens (tertiary/aromatic N) is 2. The number of aliphatic imine (C=N–C) groups is 1.